The second-order valence-corrected chi connectivity index (χ2v) is 10.7. The maximum Gasteiger partial charge on any atom is 0.325 e. The number of aryl methyl sites for hydroxylation is 2. The first-order chi connectivity index (χ1) is 15.6. The summed E-state index contributed by atoms with van der Waals surface area (Å²) in [6.45, 7) is 1.59. The predicted molar refractivity (Wildman–Crippen MR) is 123 cm³/mol. The number of carbonyl (C=O) groups excluding carboxylic acids is 3. The van der Waals surface area contributed by atoms with Gasteiger partial charge in [-0.15, -0.1) is 0 Å². The number of fused-ring (bicyclic) bond motifs is 1. The Labute approximate surface area is 193 Å². The summed E-state index contributed by atoms with van der Waals surface area (Å²) < 4.78 is 24.7. The minimum Gasteiger partial charge on any atom is -0.319 e. The fourth-order valence-corrected chi connectivity index (χ4v) is 4.86. The van der Waals surface area contributed by atoms with Crippen LogP contribution in [-0.4, -0.2) is 50.4 Å². The molecule has 3 amide bonds. The topological polar surface area (TPSA) is 113 Å². The molecule has 9 heteroatoms. The third-order valence-corrected chi connectivity index (χ3v) is 7.03. The van der Waals surface area contributed by atoms with Gasteiger partial charge in [0.25, 0.3) is 5.91 Å². The van der Waals surface area contributed by atoms with Gasteiger partial charge in [-0.2, -0.15) is 0 Å². The number of benzene rings is 2. The molecule has 0 saturated carbocycles. The number of hydrogen-bond acceptors (Lipinski definition) is 5. The van der Waals surface area contributed by atoms with Gasteiger partial charge in [-0.1, -0.05) is 42.5 Å². The highest BCUT2D eigenvalue weighted by Gasteiger charge is 2.49. The van der Waals surface area contributed by atoms with Crippen molar-refractivity contribution in [2.24, 2.45) is 0 Å². The normalized spacial score (nSPS) is 20.1. The average molecular weight is 470 g/mol. The van der Waals surface area contributed by atoms with Crippen LogP contribution >= 0.6 is 0 Å². The molecule has 33 heavy (non-hydrogen) atoms. The van der Waals surface area contributed by atoms with Crippen LogP contribution in [-0.2, 0) is 39.6 Å². The molecule has 0 aromatic heterocycles. The summed E-state index contributed by atoms with van der Waals surface area (Å²) in [6.07, 6.45) is 4.65. The zero-order valence-corrected chi connectivity index (χ0v) is 19.5. The van der Waals surface area contributed by atoms with E-state index in [0.29, 0.717) is 12.0 Å². The van der Waals surface area contributed by atoms with Gasteiger partial charge in [0.1, 0.15) is 5.54 Å². The van der Waals surface area contributed by atoms with Crippen LogP contribution in [0.4, 0.5) is 4.79 Å². The molecule has 0 radical (unpaired) electrons. The molecule has 2 N–H and O–H groups in total. The van der Waals surface area contributed by atoms with Crippen molar-refractivity contribution in [1.29, 1.82) is 0 Å². The van der Waals surface area contributed by atoms with Crippen LogP contribution in [0, 0.1) is 0 Å². The van der Waals surface area contributed by atoms with Gasteiger partial charge in [0.05, 0.1) is 12.8 Å². The third-order valence-electron chi connectivity index (χ3n) is 6.31. The molecule has 1 fully saturated rings. The van der Waals surface area contributed by atoms with E-state index in [1.165, 1.54) is 11.1 Å². The SMILES string of the molecule is CC1(c2ccc3c(c2)CCC3)NC(=O)N(CC(=O)c2ccc(CCNS(C)(=O)=O)cc2)C1=O. The largest absolute Gasteiger partial charge is 0.325 e. The van der Waals surface area contributed by atoms with Crippen molar-refractivity contribution < 1.29 is 22.8 Å². The maximum absolute atomic E-state index is 13.2. The zero-order chi connectivity index (χ0) is 23.8. The second-order valence-electron chi connectivity index (χ2n) is 8.82. The Morgan fingerprint density at radius 2 is 1.79 bits per heavy atom. The molecule has 1 saturated heterocycles. The van der Waals surface area contributed by atoms with Crippen molar-refractivity contribution in [2.45, 2.75) is 38.1 Å². The lowest BCUT2D eigenvalue weighted by Gasteiger charge is -2.23. The van der Waals surface area contributed by atoms with E-state index < -0.39 is 27.5 Å². The average Bonchev–Trinajstić information content (AvgIpc) is 3.31. The van der Waals surface area contributed by atoms with Crippen LogP contribution in [0.15, 0.2) is 42.5 Å². The van der Waals surface area contributed by atoms with Crippen molar-refractivity contribution >= 4 is 27.7 Å². The number of imide groups is 1. The van der Waals surface area contributed by atoms with Gasteiger partial charge in [0, 0.05) is 12.1 Å². The van der Waals surface area contributed by atoms with Gasteiger partial charge in [-0.05, 0) is 54.9 Å². The smallest absolute Gasteiger partial charge is 0.319 e. The fraction of sp³-hybridized carbons (Fsp3) is 0.375. The van der Waals surface area contributed by atoms with Crippen LogP contribution in [0.3, 0.4) is 0 Å². The maximum atomic E-state index is 13.2. The van der Waals surface area contributed by atoms with Crippen molar-refractivity contribution in [3.8, 4) is 0 Å². The van der Waals surface area contributed by atoms with Gasteiger partial charge in [0.2, 0.25) is 10.0 Å². The minimum absolute atomic E-state index is 0.260. The fourth-order valence-electron chi connectivity index (χ4n) is 4.39. The minimum atomic E-state index is -3.25. The summed E-state index contributed by atoms with van der Waals surface area (Å²) in [5, 5.41) is 2.77. The first kappa shape index (κ1) is 23.1. The van der Waals surface area contributed by atoms with Crippen molar-refractivity contribution in [2.75, 3.05) is 19.3 Å². The molecule has 2 aromatic rings. The molecule has 0 bridgehead atoms. The number of hydrogen-bond donors (Lipinski definition) is 2. The van der Waals surface area contributed by atoms with Crippen LogP contribution in [0.5, 0.6) is 0 Å². The molecule has 1 heterocycles. The Bertz CT molecular complexity index is 1220. The summed E-state index contributed by atoms with van der Waals surface area (Å²) in [7, 11) is -3.25. The van der Waals surface area contributed by atoms with Crippen molar-refractivity contribution in [1.82, 2.24) is 14.9 Å². The lowest BCUT2D eigenvalue weighted by molar-refractivity contribution is -0.130. The van der Waals surface area contributed by atoms with E-state index in [0.717, 1.165) is 41.5 Å². The number of sulfonamides is 1. The molecular weight excluding hydrogens is 442 g/mol. The Kier molecular flexibility index (Phi) is 6.11. The second kappa shape index (κ2) is 8.72. The van der Waals surface area contributed by atoms with Gasteiger partial charge in [-0.3, -0.25) is 14.5 Å². The van der Waals surface area contributed by atoms with E-state index in [2.05, 4.69) is 10.0 Å². The summed E-state index contributed by atoms with van der Waals surface area (Å²) in [6, 6.07) is 12.0. The standard InChI is InChI=1S/C24H27N3O5S/c1-24(20-11-10-17-4-3-5-19(17)14-20)22(29)27(23(30)26-24)15-21(28)18-8-6-16(7-9-18)12-13-25-33(2,31)32/h6-11,14,25H,3-5,12-13,15H2,1-2H3,(H,26,30). The molecule has 1 unspecified atom stereocenters. The molecule has 1 aliphatic carbocycles. The van der Waals surface area contributed by atoms with Crippen molar-refractivity contribution in [3.05, 3.63) is 70.3 Å². The van der Waals surface area contributed by atoms with E-state index in [4.69, 9.17) is 0 Å². The predicted octanol–water partition coefficient (Wildman–Crippen LogP) is 1.92. The molecule has 1 aliphatic heterocycles. The Morgan fingerprint density at radius 3 is 2.48 bits per heavy atom. The van der Waals surface area contributed by atoms with E-state index in [-0.39, 0.29) is 18.9 Å². The molecule has 2 aromatic carbocycles. The van der Waals surface area contributed by atoms with E-state index >= 15 is 0 Å². The summed E-state index contributed by atoms with van der Waals surface area (Å²) in [5.74, 6) is -0.792. The first-order valence-corrected chi connectivity index (χ1v) is 12.8. The van der Waals surface area contributed by atoms with Crippen LogP contribution < -0.4 is 10.0 Å². The highest BCUT2D eigenvalue weighted by Crippen LogP contribution is 2.32. The van der Waals surface area contributed by atoms with Crippen molar-refractivity contribution in [3.63, 3.8) is 0 Å². The van der Waals surface area contributed by atoms with Gasteiger partial charge < -0.3 is 5.32 Å². The molecule has 2 aliphatic rings. The third kappa shape index (κ3) is 4.84. The molecule has 174 valence electrons. The molecule has 8 nitrogen and oxygen atoms in total. The number of Topliss-reactive ketones (excluding diaryl/α,β-unsaturated/α-hetero) is 1. The van der Waals surface area contributed by atoms with Crippen LogP contribution in [0.25, 0.3) is 0 Å². The summed E-state index contributed by atoms with van der Waals surface area (Å²) in [4.78, 5) is 39.6. The number of amides is 3. The number of urea groups is 1. The highest BCUT2D eigenvalue weighted by atomic mass is 32.2. The number of rotatable bonds is 8. The van der Waals surface area contributed by atoms with Gasteiger partial charge in [0.15, 0.2) is 5.78 Å². The highest BCUT2D eigenvalue weighted by molar-refractivity contribution is 7.88. The van der Waals surface area contributed by atoms with Crippen LogP contribution in [0.2, 0.25) is 0 Å². The Hall–Kier alpha value is -3.04. The molecule has 4 rings (SSSR count). The molecule has 0 spiro atoms. The van der Waals surface area contributed by atoms with Gasteiger partial charge in [-0.25, -0.2) is 17.9 Å². The van der Waals surface area contributed by atoms with Gasteiger partial charge >= 0.3 is 6.03 Å². The number of ketones is 1. The quantitative estimate of drug-likeness (QED) is 0.453. The lowest BCUT2D eigenvalue weighted by atomic mass is 9.89. The van der Waals surface area contributed by atoms with E-state index in [1.54, 1.807) is 31.2 Å². The first-order valence-electron chi connectivity index (χ1n) is 10.9. The Morgan fingerprint density at radius 1 is 1.09 bits per heavy atom. The lowest BCUT2D eigenvalue weighted by Crippen LogP contribution is -2.41. The molecule has 1 atom stereocenters. The zero-order valence-electron chi connectivity index (χ0n) is 18.7. The van der Waals surface area contributed by atoms with E-state index in [1.807, 2.05) is 18.2 Å². The Balaban J connectivity index is 1.43. The number of nitrogens with zero attached hydrogens (tertiary/aromatic N) is 1. The molecular formula is C24H27N3O5S. The monoisotopic (exact) mass is 469 g/mol. The van der Waals surface area contributed by atoms with E-state index in [9.17, 15) is 22.8 Å². The summed E-state index contributed by atoms with van der Waals surface area (Å²) in [5.41, 5.74) is 3.25. The number of nitrogens with one attached hydrogen (secondary N) is 2. The van der Waals surface area contributed by atoms with Crippen LogP contribution in [0.1, 0.15) is 46.0 Å². The summed E-state index contributed by atoms with van der Waals surface area (Å²) >= 11 is 0. The number of carbonyl (C=O) groups is 3.